The highest BCUT2D eigenvalue weighted by Gasteiger charge is 2.20. The fourth-order valence-corrected chi connectivity index (χ4v) is 3.35. The van der Waals surface area contributed by atoms with Crippen molar-refractivity contribution in [3.05, 3.63) is 65.7 Å². The molecule has 0 saturated carbocycles. The van der Waals surface area contributed by atoms with E-state index in [4.69, 9.17) is 4.74 Å². The topological polar surface area (TPSA) is 32.8 Å². The normalized spacial score (nSPS) is 15.0. The van der Waals surface area contributed by atoms with Crippen molar-refractivity contribution in [2.75, 3.05) is 39.8 Å². The van der Waals surface area contributed by atoms with Gasteiger partial charge in [0.2, 0.25) is 5.91 Å². The number of ether oxygens (including phenoxy) is 1. The summed E-state index contributed by atoms with van der Waals surface area (Å²) in [6.07, 6.45) is 2.47. The Bertz CT molecular complexity index is 677. The largest absolute Gasteiger partial charge is 0.497 e. The summed E-state index contributed by atoms with van der Waals surface area (Å²) in [6, 6.07) is 18.5. The zero-order valence-corrected chi connectivity index (χ0v) is 15.6. The maximum atomic E-state index is 12.4. The Labute approximate surface area is 156 Å². The Kier molecular flexibility index (Phi) is 6.67. The highest BCUT2D eigenvalue weighted by molar-refractivity contribution is 5.76. The molecule has 0 bridgehead atoms. The SMILES string of the molecule is COc1ccc(CCN2CCN(C(=O)CCc3ccccc3)CC2)cc1. The zero-order chi connectivity index (χ0) is 18.2. The molecule has 26 heavy (non-hydrogen) atoms. The van der Waals surface area contributed by atoms with E-state index in [9.17, 15) is 4.79 Å². The van der Waals surface area contributed by atoms with Crippen LogP contribution in [-0.2, 0) is 17.6 Å². The van der Waals surface area contributed by atoms with E-state index >= 15 is 0 Å². The number of piperazine rings is 1. The number of nitrogens with zero attached hydrogens (tertiary/aromatic N) is 2. The average Bonchev–Trinajstić information content (AvgIpc) is 2.72. The molecule has 0 N–H and O–H groups in total. The molecule has 0 aliphatic carbocycles. The monoisotopic (exact) mass is 352 g/mol. The first-order chi connectivity index (χ1) is 12.7. The summed E-state index contributed by atoms with van der Waals surface area (Å²) < 4.78 is 5.20. The summed E-state index contributed by atoms with van der Waals surface area (Å²) >= 11 is 0. The molecule has 0 unspecified atom stereocenters. The Morgan fingerprint density at radius 1 is 0.885 bits per heavy atom. The van der Waals surface area contributed by atoms with Crippen molar-refractivity contribution in [1.82, 2.24) is 9.80 Å². The maximum Gasteiger partial charge on any atom is 0.222 e. The van der Waals surface area contributed by atoms with E-state index in [1.54, 1.807) is 7.11 Å². The molecule has 138 valence electrons. The molecule has 0 atom stereocenters. The van der Waals surface area contributed by atoms with Crippen LogP contribution in [0.15, 0.2) is 54.6 Å². The summed E-state index contributed by atoms with van der Waals surface area (Å²) in [4.78, 5) is 16.9. The van der Waals surface area contributed by atoms with E-state index in [0.717, 1.165) is 51.3 Å². The van der Waals surface area contributed by atoms with Crippen LogP contribution in [0.5, 0.6) is 5.75 Å². The van der Waals surface area contributed by atoms with E-state index in [1.165, 1.54) is 11.1 Å². The van der Waals surface area contributed by atoms with Gasteiger partial charge in [-0.1, -0.05) is 42.5 Å². The highest BCUT2D eigenvalue weighted by atomic mass is 16.5. The van der Waals surface area contributed by atoms with Crippen molar-refractivity contribution in [3.8, 4) is 5.75 Å². The predicted molar refractivity (Wildman–Crippen MR) is 104 cm³/mol. The van der Waals surface area contributed by atoms with Crippen LogP contribution in [0.4, 0.5) is 0 Å². The zero-order valence-electron chi connectivity index (χ0n) is 15.6. The van der Waals surface area contributed by atoms with Crippen molar-refractivity contribution in [2.45, 2.75) is 19.3 Å². The minimum absolute atomic E-state index is 0.281. The lowest BCUT2D eigenvalue weighted by Crippen LogP contribution is -2.49. The molecular weight excluding hydrogens is 324 g/mol. The van der Waals surface area contributed by atoms with E-state index < -0.39 is 0 Å². The second-order valence-electron chi connectivity index (χ2n) is 6.81. The summed E-state index contributed by atoms with van der Waals surface area (Å²) in [6.45, 7) is 4.66. The molecule has 0 radical (unpaired) electrons. The second kappa shape index (κ2) is 9.39. The molecule has 0 spiro atoms. The summed E-state index contributed by atoms with van der Waals surface area (Å²) in [5.74, 6) is 1.18. The maximum absolute atomic E-state index is 12.4. The van der Waals surface area contributed by atoms with Crippen molar-refractivity contribution >= 4 is 5.91 Å². The van der Waals surface area contributed by atoms with Crippen LogP contribution in [0, 0.1) is 0 Å². The lowest BCUT2D eigenvalue weighted by Gasteiger charge is -2.34. The Morgan fingerprint density at radius 2 is 1.54 bits per heavy atom. The number of methoxy groups -OCH3 is 1. The number of amides is 1. The minimum atomic E-state index is 0.281. The van der Waals surface area contributed by atoms with Gasteiger partial charge in [0.05, 0.1) is 7.11 Å². The smallest absolute Gasteiger partial charge is 0.222 e. The molecule has 3 rings (SSSR count). The van der Waals surface area contributed by atoms with Gasteiger partial charge in [-0.15, -0.1) is 0 Å². The number of hydrogen-bond acceptors (Lipinski definition) is 3. The Balaban J connectivity index is 1.37. The fraction of sp³-hybridized carbons (Fsp3) is 0.409. The molecule has 1 heterocycles. The van der Waals surface area contributed by atoms with Gasteiger partial charge in [-0.3, -0.25) is 9.69 Å². The van der Waals surface area contributed by atoms with Crippen LogP contribution < -0.4 is 4.74 Å². The van der Waals surface area contributed by atoms with Crippen LogP contribution in [0.1, 0.15) is 17.5 Å². The molecule has 1 fully saturated rings. The van der Waals surface area contributed by atoms with Crippen molar-refractivity contribution in [2.24, 2.45) is 0 Å². The van der Waals surface area contributed by atoms with Crippen molar-refractivity contribution in [3.63, 3.8) is 0 Å². The van der Waals surface area contributed by atoms with Crippen molar-refractivity contribution in [1.29, 1.82) is 0 Å². The third kappa shape index (κ3) is 5.33. The highest BCUT2D eigenvalue weighted by Crippen LogP contribution is 2.13. The lowest BCUT2D eigenvalue weighted by atomic mass is 10.1. The number of benzene rings is 2. The molecule has 1 amide bonds. The van der Waals surface area contributed by atoms with Crippen LogP contribution in [0.25, 0.3) is 0 Å². The molecular formula is C22H28N2O2. The number of rotatable bonds is 7. The van der Waals surface area contributed by atoms with E-state index in [2.05, 4.69) is 29.2 Å². The average molecular weight is 352 g/mol. The van der Waals surface area contributed by atoms with Gasteiger partial charge in [-0.25, -0.2) is 0 Å². The standard InChI is InChI=1S/C22H28N2O2/c1-26-21-10-7-20(8-11-21)13-14-23-15-17-24(18-16-23)22(25)12-9-19-5-3-2-4-6-19/h2-8,10-11H,9,12-18H2,1H3. The van der Waals surface area contributed by atoms with Gasteiger partial charge in [0, 0.05) is 39.1 Å². The number of hydrogen-bond donors (Lipinski definition) is 0. The van der Waals surface area contributed by atoms with Crippen LogP contribution >= 0.6 is 0 Å². The first kappa shape index (κ1) is 18.5. The lowest BCUT2D eigenvalue weighted by molar-refractivity contribution is -0.132. The molecule has 1 aliphatic rings. The molecule has 1 saturated heterocycles. The predicted octanol–water partition coefficient (Wildman–Crippen LogP) is 3.01. The molecule has 2 aromatic rings. The Morgan fingerprint density at radius 3 is 2.19 bits per heavy atom. The van der Waals surface area contributed by atoms with Gasteiger partial charge < -0.3 is 9.64 Å². The molecule has 4 nitrogen and oxygen atoms in total. The van der Waals surface area contributed by atoms with E-state index in [0.29, 0.717) is 6.42 Å². The quantitative estimate of drug-likeness (QED) is 0.768. The van der Waals surface area contributed by atoms with Crippen LogP contribution in [0.3, 0.4) is 0 Å². The Hall–Kier alpha value is -2.33. The summed E-state index contributed by atoms with van der Waals surface area (Å²) in [7, 11) is 1.69. The minimum Gasteiger partial charge on any atom is -0.497 e. The number of aryl methyl sites for hydroxylation is 1. The molecule has 4 heteroatoms. The van der Waals surface area contributed by atoms with Gasteiger partial charge in [0.25, 0.3) is 0 Å². The first-order valence-electron chi connectivity index (χ1n) is 9.41. The van der Waals surface area contributed by atoms with Gasteiger partial charge in [0.1, 0.15) is 5.75 Å². The van der Waals surface area contributed by atoms with Gasteiger partial charge in [-0.2, -0.15) is 0 Å². The summed E-state index contributed by atoms with van der Waals surface area (Å²) in [5.41, 5.74) is 2.56. The molecule has 1 aliphatic heterocycles. The van der Waals surface area contributed by atoms with Crippen molar-refractivity contribution < 1.29 is 9.53 Å². The van der Waals surface area contributed by atoms with Gasteiger partial charge >= 0.3 is 0 Å². The molecule has 2 aromatic carbocycles. The second-order valence-corrected chi connectivity index (χ2v) is 6.81. The number of carbonyl (C=O) groups excluding carboxylic acids is 1. The van der Waals surface area contributed by atoms with Gasteiger partial charge in [-0.05, 0) is 36.1 Å². The van der Waals surface area contributed by atoms with E-state index in [-0.39, 0.29) is 5.91 Å². The third-order valence-electron chi connectivity index (χ3n) is 5.07. The molecule has 0 aromatic heterocycles. The third-order valence-corrected chi connectivity index (χ3v) is 5.07. The van der Waals surface area contributed by atoms with E-state index in [1.807, 2.05) is 35.2 Å². The first-order valence-corrected chi connectivity index (χ1v) is 9.41. The van der Waals surface area contributed by atoms with Crippen LogP contribution in [0.2, 0.25) is 0 Å². The number of carbonyl (C=O) groups is 1. The summed E-state index contributed by atoms with van der Waals surface area (Å²) in [5, 5.41) is 0. The van der Waals surface area contributed by atoms with Gasteiger partial charge in [0.15, 0.2) is 0 Å². The van der Waals surface area contributed by atoms with Crippen LogP contribution in [-0.4, -0.2) is 55.5 Å². The fourth-order valence-electron chi connectivity index (χ4n) is 3.35.